The van der Waals surface area contributed by atoms with Gasteiger partial charge < -0.3 is 14.6 Å². The third-order valence-electron chi connectivity index (χ3n) is 8.23. The van der Waals surface area contributed by atoms with Crippen LogP contribution in [0.4, 0.5) is 0 Å². The summed E-state index contributed by atoms with van der Waals surface area (Å²) >= 11 is 0. The molecule has 0 aromatic heterocycles. The first kappa shape index (κ1) is 20.6. The lowest BCUT2D eigenvalue weighted by molar-refractivity contribution is -0.163. The monoisotopic (exact) mass is 420 g/mol. The van der Waals surface area contributed by atoms with Crippen molar-refractivity contribution in [3.63, 3.8) is 0 Å². The van der Waals surface area contributed by atoms with Crippen LogP contribution in [0.1, 0.15) is 61.6 Å². The average molecular weight is 421 g/mol. The zero-order valence-electron chi connectivity index (χ0n) is 18.3. The van der Waals surface area contributed by atoms with Gasteiger partial charge in [0.2, 0.25) is 0 Å². The number of benzene rings is 2. The molecule has 1 N–H and O–H groups in total. The van der Waals surface area contributed by atoms with E-state index < -0.39 is 0 Å². The molecule has 164 valence electrons. The smallest absolute Gasteiger partial charge is 0.332 e. The van der Waals surface area contributed by atoms with Crippen molar-refractivity contribution < 1.29 is 19.4 Å². The molecule has 2 fully saturated rings. The summed E-state index contributed by atoms with van der Waals surface area (Å²) in [6, 6.07) is 15.8. The Hall–Kier alpha value is -2.33. The van der Waals surface area contributed by atoms with Gasteiger partial charge in [-0.1, -0.05) is 43.3 Å². The van der Waals surface area contributed by atoms with Gasteiger partial charge in [-0.2, -0.15) is 0 Å². The van der Waals surface area contributed by atoms with Crippen LogP contribution in [0.3, 0.4) is 0 Å². The third-order valence-corrected chi connectivity index (χ3v) is 8.23. The number of phenols is 1. The van der Waals surface area contributed by atoms with Crippen molar-refractivity contribution in [3.05, 3.63) is 65.2 Å². The lowest BCUT2D eigenvalue weighted by Gasteiger charge is -2.50. The number of phenolic OH excluding ortho intramolecular Hbond substituents is 1. The van der Waals surface area contributed by atoms with Crippen molar-refractivity contribution in [2.24, 2.45) is 17.3 Å². The van der Waals surface area contributed by atoms with Gasteiger partial charge in [0, 0.05) is 5.41 Å². The highest BCUT2D eigenvalue weighted by molar-refractivity contribution is 5.71. The van der Waals surface area contributed by atoms with Crippen LogP contribution < -0.4 is 0 Å². The summed E-state index contributed by atoms with van der Waals surface area (Å²) in [6.07, 6.45) is 6.51. The van der Waals surface area contributed by atoms with Gasteiger partial charge in [-0.15, -0.1) is 0 Å². The third kappa shape index (κ3) is 3.87. The Balaban J connectivity index is 1.21. The summed E-state index contributed by atoms with van der Waals surface area (Å²) in [7, 11) is 0. The van der Waals surface area contributed by atoms with Gasteiger partial charge in [0.25, 0.3) is 0 Å². The molecule has 0 heterocycles. The lowest BCUT2D eigenvalue weighted by atomic mass is 9.55. The van der Waals surface area contributed by atoms with Crippen LogP contribution in [-0.4, -0.2) is 23.8 Å². The first-order chi connectivity index (χ1) is 15.0. The Morgan fingerprint density at radius 2 is 1.94 bits per heavy atom. The van der Waals surface area contributed by atoms with Crippen molar-refractivity contribution in [1.82, 2.24) is 0 Å². The fourth-order valence-electron chi connectivity index (χ4n) is 6.73. The minimum absolute atomic E-state index is 0.00695. The molecule has 3 unspecified atom stereocenters. The molecule has 0 bridgehead atoms. The topological polar surface area (TPSA) is 55.8 Å². The van der Waals surface area contributed by atoms with E-state index in [4.69, 9.17) is 9.47 Å². The zero-order chi connectivity index (χ0) is 21.4. The van der Waals surface area contributed by atoms with E-state index in [9.17, 15) is 9.90 Å². The molecular weight excluding hydrogens is 388 g/mol. The molecule has 3 aliphatic rings. The number of fused-ring (bicyclic) bond motifs is 5. The second-order valence-electron chi connectivity index (χ2n) is 9.88. The molecule has 0 aliphatic heterocycles. The number of esters is 1. The standard InChI is InChI=1S/C27H32O4/c1-27-14-13-22-21-10-8-20(28)15-19(21)7-9-23(22)24(27)11-12-25(27)31-26(29)17-30-16-18-5-3-2-4-6-18/h2-6,8,10,15,22-25,28H,7,9,11-14,16-17H2,1H3/t22?,23?,24?,25-,27-/m0/s1. The largest absolute Gasteiger partial charge is 0.508 e. The fourth-order valence-corrected chi connectivity index (χ4v) is 6.73. The zero-order valence-corrected chi connectivity index (χ0v) is 18.3. The van der Waals surface area contributed by atoms with E-state index in [1.165, 1.54) is 17.5 Å². The molecule has 3 aliphatic carbocycles. The van der Waals surface area contributed by atoms with E-state index in [1.54, 1.807) is 0 Å². The number of carbonyl (C=O) groups excluding carboxylic acids is 1. The summed E-state index contributed by atoms with van der Waals surface area (Å²) in [6.45, 7) is 2.78. The normalized spacial score (nSPS) is 31.4. The Kier molecular flexibility index (Phi) is 5.51. The summed E-state index contributed by atoms with van der Waals surface area (Å²) in [5, 5.41) is 9.86. The number of rotatable bonds is 5. The molecular formula is C27H32O4. The maximum atomic E-state index is 12.5. The van der Waals surface area contributed by atoms with Crippen LogP contribution >= 0.6 is 0 Å². The number of aryl methyl sites for hydroxylation is 1. The van der Waals surface area contributed by atoms with Gasteiger partial charge in [0.05, 0.1) is 6.61 Å². The predicted molar refractivity (Wildman–Crippen MR) is 119 cm³/mol. The van der Waals surface area contributed by atoms with Crippen LogP contribution in [0.2, 0.25) is 0 Å². The highest BCUT2D eigenvalue weighted by Crippen LogP contribution is 2.61. The second-order valence-corrected chi connectivity index (χ2v) is 9.88. The lowest BCUT2D eigenvalue weighted by Crippen LogP contribution is -2.45. The van der Waals surface area contributed by atoms with E-state index in [2.05, 4.69) is 13.0 Å². The van der Waals surface area contributed by atoms with Crippen molar-refractivity contribution >= 4 is 5.97 Å². The molecule has 5 rings (SSSR count). The average Bonchev–Trinajstić information content (AvgIpc) is 3.10. The maximum Gasteiger partial charge on any atom is 0.332 e. The first-order valence-electron chi connectivity index (χ1n) is 11.7. The minimum atomic E-state index is -0.241. The van der Waals surface area contributed by atoms with E-state index in [0.29, 0.717) is 30.1 Å². The van der Waals surface area contributed by atoms with Crippen LogP contribution in [0.15, 0.2) is 48.5 Å². The maximum absolute atomic E-state index is 12.5. The molecule has 0 amide bonds. The van der Waals surface area contributed by atoms with Crippen molar-refractivity contribution in [3.8, 4) is 5.75 Å². The Bertz CT molecular complexity index is 940. The van der Waals surface area contributed by atoms with Gasteiger partial charge in [-0.3, -0.25) is 0 Å². The second kappa shape index (κ2) is 8.31. The highest BCUT2D eigenvalue weighted by atomic mass is 16.6. The molecule has 5 atom stereocenters. The summed E-state index contributed by atoms with van der Waals surface area (Å²) in [4.78, 5) is 12.5. The van der Waals surface area contributed by atoms with Gasteiger partial charge in [-0.25, -0.2) is 4.79 Å². The number of aromatic hydroxyl groups is 1. The molecule has 0 saturated heterocycles. The van der Waals surface area contributed by atoms with E-state index in [-0.39, 0.29) is 24.1 Å². The van der Waals surface area contributed by atoms with E-state index >= 15 is 0 Å². The van der Waals surface area contributed by atoms with Crippen LogP contribution in [0.25, 0.3) is 0 Å². The SMILES string of the molecule is C[C@]12CCC3c4ccc(O)cc4CCC3C1CC[C@@H]2OC(=O)COCc1ccccc1. The van der Waals surface area contributed by atoms with Crippen LogP contribution in [-0.2, 0) is 27.3 Å². The van der Waals surface area contributed by atoms with E-state index in [1.807, 2.05) is 42.5 Å². The minimum Gasteiger partial charge on any atom is -0.508 e. The van der Waals surface area contributed by atoms with Gasteiger partial charge in [0.1, 0.15) is 18.5 Å². The fraction of sp³-hybridized carbons (Fsp3) is 0.519. The number of hydrogen-bond acceptors (Lipinski definition) is 4. The summed E-state index contributed by atoms with van der Waals surface area (Å²) < 4.78 is 11.6. The molecule has 0 radical (unpaired) electrons. The first-order valence-corrected chi connectivity index (χ1v) is 11.7. The molecule has 4 nitrogen and oxygen atoms in total. The van der Waals surface area contributed by atoms with Crippen LogP contribution in [0, 0.1) is 17.3 Å². The summed E-state index contributed by atoms with van der Waals surface area (Å²) in [5.41, 5.74) is 3.88. The number of carbonyl (C=O) groups is 1. The van der Waals surface area contributed by atoms with Gasteiger partial charge in [0.15, 0.2) is 0 Å². The molecule has 2 saturated carbocycles. The Morgan fingerprint density at radius 3 is 2.77 bits per heavy atom. The van der Waals surface area contributed by atoms with Crippen molar-refractivity contribution in [1.29, 1.82) is 0 Å². The Morgan fingerprint density at radius 1 is 1.10 bits per heavy atom. The predicted octanol–water partition coefficient (Wildman–Crippen LogP) is 5.38. The molecule has 4 heteroatoms. The highest BCUT2D eigenvalue weighted by Gasteiger charge is 2.56. The van der Waals surface area contributed by atoms with Crippen LogP contribution in [0.5, 0.6) is 5.75 Å². The molecule has 2 aromatic rings. The van der Waals surface area contributed by atoms with E-state index in [0.717, 1.165) is 37.7 Å². The number of hydrogen-bond donors (Lipinski definition) is 1. The molecule has 31 heavy (non-hydrogen) atoms. The Labute approximate surface area is 184 Å². The quantitative estimate of drug-likeness (QED) is 0.660. The molecule has 0 spiro atoms. The van der Waals surface area contributed by atoms with Crippen molar-refractivity contribution in [2.45, 2.75) is 64.1 Å². The van der Waals surface area contributed by atoms with Crippen molar-refractivity contribution in [2.75, 3.05) is 6.61 Å². The molecule has 2 aromatic carbocycles. The summed E-state index contributed by atoms with van der Waals surface area (Å²) in [5.74, 6) is 1.95. The van der Waals surface area contributed by atoms with Gasteiger partial charge in [-0.05, 0) is 85.1 Å². The van der Waals surface area contributed by atoms with Gasteiger partial charge >= 0.3 is 5.97 Å². The number of ether oxygens (including phenoxy) is 2.